The van der Waals surface area contributed by atoms with E-state index in [0.29, 0.717) is 18.5 Å². The first kappa shape index (κ1) is 15.6. The Morgan fingerprint density at radius 2 is 2.24 bits per heavy atom. The fourth-order valence-corrected chi connectivity index (χ4v) is 2.50. The monoisotopic (exact) mass is 294 g/mol. The number of carbonyl (C=O) groups excluding carboxylic acids is 1. The number of ether oxygens (including phenoxy) is 1. The number of hydrogen-bond acceptors (Lipinski definition) is 5. The van der Waals surface area contributed by atoms with E-state index in [-0.39, 0.29) is 23.5 Å². The number of phenolic OH excluding ortho intramolecular Hbond substituents is 2. The molecule has 1 unspecified atom stereocenters. The van der Waals surface area contributed by atoms with Gasteiger partial charge in [0.1, 0.15) is 0 Å². The van der Waals surface area contributed by atoms with Crippen molar-refractivity contribution in [3.63, 3.8) is 0 Å². The first-order valence-corrected chi connectivity index (χ1v) is 7.10. The molecule has 0 saturated carbocycles. The van der Waals surface area contributed by atoms with Crippen LogP contribution < -0.4 is 5.73 Å². The Hall–Kier alpha value is -1.79. The molecular weight excluding hydrogens is 272 g/mol. The second-order valence-corrected chi connectivity index (χ2v) is 5.49. The third kappa shape index (κ3) is 4.09. The average molecular weight is 294 g/mol. The quantitative estimate of drug-likeness (QED) is 0.691. The molecule has 4 N–H and O–H groups in total. The van der Waals surface area contributed by atoms with Crippen LogP contribution in [0, 0.1) is 0 Å². The standard InChI is InChI=1S/C15H22N2O4/c1-17(9-11-3-2-6-21-11)15(20)12(16)7-10-4-5-13(18)14(19)8-10/h4-5,8,11-12,18-19H,2-3,6-7,9,16H2,1H3/t11?,12-/m0/s1. The molecule has 0 aliphatic carbocycles. The van der Waals surface area contributed by atoms with Crippen LogP contribution in [0.4, 0.5) is 0 Å². The Bertz CT molecular complexity index is 500. The zero-order chi connectivity index (χ0) is 15.4. The second-order valence-electron chi connectivity index (χ2n) is 5.49. The summed E-state index contributed by atoms with van der Waals surface area (Å²) in [6.07, 6.45) is 2.41. The lowest BCUT2D eigenvalue weighted by Gasteiger charge is -2.24. The maximum absolute atomic E-state index is 12.2. The highest BCUT2D eigenvalue weighted by molar-refractivity contribution is 5.81. The number of carbonyl (C=O) groups is 1. The van der Waals surface area contributed by atoms with Gasteiger partial charge in [-0.3, -0.25) is 4.79 Å². The molecule has 0 radical (unpaired) electrons. The molecule has 1 saturated heterocycles. The van der Waals surface area contributed by atoms with Crippen molar-refractivity contribution < 1.29 is 19.7 Å². The molecule has 1 aromatic carbocycles. The average Bonchev–Trinajstić information content (AvgIpc) is 2.94. The SMILES string of the molecule is CN(CC1CCCO1)C(=O)[C@@H](N)Cc1ccc(O)c(O)c1. The highest BCUT2D eigenvalue weighted by Gasteiger charge is 2.23. The van der Waals surface area contributed by atoms with Crippen LogP contribution in [0.5, 0.6) is 11.5 Å². The van der Waals surface area contributed by atoms with E-state index >= 15 is 0 Å². The lowest BCUT2D eigenvalue weighted by molar-refractivity contribution is -0.132. The topological polar surface area (TPSA) is 96.0 Å². The fourth-order valence-electron chi connectivity index (χ4n) is 2.50. The summed E-state index contributed by atoms with van der Waals surface area (Å²) in [6, 6.07) is 3.77. The van der Waals surface area contributed by atoms with Gasteiger partial charge in [0, 0.05) is 20.2 Å². The minimum absolute atomic E-state index is 0.101. The molecule has 1 fully saturated rings. The molecule has 6 nitrogen and oxygen atoms in total. The van der Waals surface area contributed by atoms with Crippen molar-refractivity contribution in [3.05, 3.63) is 23.8 Å². The predicted molar refractivity (Wildman–Crippen MR) is 78.1 cm³/mol. The van der Waals surface area contributed by atoms with Crippen LogP contribution >= 0.6 is 0 Å². The number of nitrogens with two attached hydrogens (primary N) is 1. The lowest BCUT2D eigenvalue weighted by Crippen LogP contribution is -2.45. The van der Waals surface area contributed by atoms with E-state index in [0.717, 1.165) is 19.4 Å². The van der Waals surface area contributed by atoms with Gasteiger partial charge in [0.05, 0.1) is 12.1 Å². The maximum atomic E-state index is 12.2. The van der Waals surface area contributed by atoms with Crippen LogP contribution in [0.3, 0.4) is 0 Å². The van der Waals surface area contributed by atoms with E-state index in [1.165, 1.54) is 12.1 Å². The maximum Gasteiger partial charge on any atom is 0.239 e. The summed E-state index contributed by atoms with van der Waals surface area (Å²) in [4.78, 5) is 13.8. The van der Waals surface area contributed by atoms with Crippen LogP contribution in [0.15, 0.2) is 18.2 Å². The minimum atomic E-state index is -0.680. The van der Waals surface area contributed by atoms with Gasteiger partial charge in [-0.2, -0.15) is 0 Å². The normalized spacial score (nSPS) is 19.4. The van der Waals surface area contributed by atoms with Crippen LogP contribution in [0.1, 0.15) is 18.4 Å². The summed E-state index contributed by atoms with van der Waals surface area (Å²) < 4.78 is 5.51. The molecule has 2 atom stereocenters. The lowest BCUT2D eigenvalue weighted by atomic mass is 10.0. The Balaban J connectivity index is 1.90. The summed E-state index contributed by atoms with van der Waals surface area (Å²) in [5.41, 5.74) is 6.64. The number of nitrogens with zero attached hydrogens (tertiary/aromatic N) is 1. The molecule has 21 heavy (non-hydrogen) atoms. The van der Waals surface area contributed by atoms with Gasteiger partial charge < -0.3 is 25.6 Å². The Morgan fingerprint density at radius 3 is 2.86 bits per heavy atom. The number of phenols is 2. The Kier molecular flexibility index (Phi) is 5.03. The van der Waals surface area contributed by atoms with E-state index < -0.39 is 6.04 Å². The molecule has 116 valence electrons. The summed E-state index contributed by atoms with van der Waals surface area (Å²) in [5.74, 6) is -0.549. The third-order valence-corrected chi connectivity index (χ3v) is 3.69. The first-order valence-electron chi connectivity index (χ1n) is 7.10. The van der Waals surface area contributed by atoms with Gasteiger partial charge in [-0.1, -0.05) is 6.07 Å². The van der Waals surface area contributed by atoms with E-state index in [1.807, 2.05) is 0 Å². The van der Waals surface area contributed by atoms with E-state index in [1.54, 1.807) is 18.0 Å². The summed E-state index contributed by atoms with van der Waals surface area (Å²) >= 11 is 0. The van der Waals surface area contributed by atoms with Crippen LogP contribution in [-0.2, 0) is 16.0 Å². The van der Waals surface area contributed by atoms with Crippen molar-refractivity contribution in [1.82, 2.24) is 4.90 Å². The van der Waals surface area contributed by atoms with Gasteiger partial charge in [0.25, 0.3) is 0 Å². The second kappa shape index (κ2) is 6.78. The van der Waals surface area contributed by atoms with Crippen LogP contribution in [-0.4, -0.2) is 53.4 Å². The van der Waals surface area contributed by atoms with Crippen molar-refractivity contribution >= 4 is 5.91 Å². The number of amides is 1. The van der Waals surface area contributed by atoms with Crippen LogP contribution in [0.25, 0.3) is 0 Å². The summed E-state index contributed by atoms with van der Waals surface area (Å²) in [7, 11) is 1.72. The van der Waals surface area contributed by atoms with E-state index in [4.69, 9.17) is 10.5 Å². The van der Waals surface area contributed by atoms with Gasteiger partial charge in [-0.05, 0) is 37.0 Å². The van der Waals surface area contributed by atoms with Gasteiger partial charge in [0.15, 0.2) is 11.5 Å². The highest BCUT2D eigenvalue weighted by atomic mass is 16.5. The molecule has 0 spiro atoms. The van der Waals surface area contributed by atoms with E-state index in [2.05, 4.69) is 0 Å². The zero-order valence-corrected chi connectivity index (χ0v) is 12.2. The molecule has 1 amide bonds. The Labute approximate surface area is 124 Å². The van der Waals surface area contributed by atoms with Gasteiger partial charge in [0.2, 0.25) is 5.91 Å². The smallest absolute Gasteiger partial charge is 0.239 e. The van der Waals surface area contributed by atoms with Crippen molar-refractivity contribution in [2.24, 2.45) is 5.73 Å². The van der Waals surface area contributed by atoms with E-state index in [9.17, 15) is 15.0 Å². The highest BCUT2D eigenvalue weighted by Crippen LogP contribution is 2.25. The van der Waals surface area contributed by atoms with Gasteiger partial charge in [-0.15, -0.1) is 0 Å². The molecule has 1 aromatic rings. The number of aromatic hydroxyl groups is 2. The molecule has 2 rings (SSSR count). The predicted octanol–water partition coefficient (Wildman–Crippen LogP) is 0.605. The molecule has 6 heteroatoms. The number of rotatable bonds is 5. The van der Waals surface area contributed by atoms with Crippen molar-refractivity contribution in [2.75, 3.05) is 20.2 Å². The fraction of sp³-hybridized carbons (Fsp3) is 0.533. The van der Waals surface area contributed by atoms with Gasteiger partial charge in [-0.25, -0.2) is 0 Å². The van der Waals surface area contributed by atoms with Crippen molar-refractivity contribution in [2.45, 2.75) is 31.4 Å². The molecule has 1 aliphatic heterocycles. The van der Waals surface area contributed by atoms with Crippen LogP contribution in [0.2, 0.25) is 0 Å². The number of likely N-dealkylation sites (N-methyl/N-ethyl adjacent to an activating group) is 1. The summed E-state index contributed by atoms with van der Waals surface area (Å²) in [5, 5.41) is 18.7. The summed E-state index contributed by atoms with van der Waals surface area (Å²) in [6.45, 7) is 1.30. The molecule has 1 heterocycles. The van der Waals surface area contributed by atoms with Crippen molar-refractivity contribution in [3.8, 4) is 11.5 Å². The minimum Gasteiger partial charge on any atom is -0.504 e. The third-order valence-electron chi connectivity index (χ3n) is 3.69. The molecule has 0 aromatic heterocycles. The number of hydrogen-bond donors (Lipinski definition) is 3. The molecular formula is C15H22N2O4. The van der Waals surface area contributed by atoms with Gasteiger partial charge >= 0.3 is 0 Å². The Morgan fingerprint density at radius 1 is 1.48 bits per heavy atom. The molecule has 1 aliphatic rings. The number of benzene rings is 1. The molecule has 0 bridgehead atoms. The largest absolute Gasteiger partial charge is 0.504 e. The first-order chi connectivity index (χ1) is 9.97. The van der Waals surface area contributed by atoms with Crippen molar-refractivity contribution in [1.29, 1.82) is 0 Å². The zero-order valence-electron chi connectivity index (χ0n) is 12.2.